The molecular weight excluding hydrogens is 460 g/mol. The molecule has 1 saturated heterocycles. The number of piperidine rings is 1. The maximum Gasteiger partial charge on any atom is 0.227 e. The zero-order chi connectivity index (χ0) is 22.4. The predicted molar refractivity (Wildman–Crippen MR) is 125 cm³/mol. The summed E-state index contributed by atoms with van der Waals surface area (Å²) < 4.78 is 13.1. The molecular formula is C23H27ClN6O2S. The average molecular weight is 487 g/mol. The topological polar surface area (TPSA) is 104 Å². The van der Waals surface area contributed by atoms with Crippen LogP contribution in [0.4, 0.5) is 11.8 Å². The van der Waals surface area contributed by atoms with Crippen LogP contribution in [0.15, 0.2) is 17.3 Å². The summed E-state index contributed by atoms with van der Waals surface area (Å²) >= 11 is 5.98. The molecule has 2 aromatic rings. The van der Waals surface area contributed by atoms with Crippen molar-refractivity contribution in [2.45, 2.75) is 72.8 Å². The van der Waals surface area contributed by atoms with E-state index in [-0.39, 0.29) is 17.6 Å². The summed E-state index contributed by atoms with van der Waals surface area (Å²) in [6.45, 7) is 0.941. The SMILES string of the molecule is O=[S@]1CC2(CC2)c2nc(N3CC4CC3CC4c3ncc(Cl)cn3)nc(NC3(CO)CCC3)c21. The van der Waals surface area contributed by atoms with Crippen LogP contribution >= 0.6 is 11.6 Å². The van der Waals surface area contributed by atoms with E-state index in [0.717, 1.165) is 73.9 Å². The largest absolute Gasteiger partial charge is 0.394 e. The Hall–Kier alpha value is -1.84. The summed E-state index contributed by atoms with van der Waals surface area (Å²) in [4.78, 5) is 22.1. The summed E-state index contributed by atoms with van der Waals surface area (Å²) in [5.74, 6) is 3.77. The molecule has 0 aromatic carbocycles. The molecule has 10 heteroatoms. The van der Waals surface area contributed by atoms with Gasteiger partial charge in [0, 0.05) is 42.1 Å². The molecule has 2 N–H and O–H groups in total. The number of halogens is 1. The van der Waals surface area contributed by atoms with Gasteiger partial charge in [0.05, 0.1) is 33.7 Å². The molecule has 7 rings (SSSR count). The van der Waals surface area contributed by atoms with Crippen molar-refractivity contribution in [1.29, 1.82) is 0 Å². The van der Waals surface area contributed by atoms with E-state index < -0.39 is 10.8 Å². The highest BCUT2D eigenvalue weighted by Gasteiger charge is 2.56. The van der Waals surface area contributed by atoms with Crippen LogP contribution < -0.4 is 10.2 Å². The Bertz CT molecular complexity index is 1150. The van der Waals surface area contributed by atoms with Gasteiger partial charge in [0.15, 0.2) is 0 Å². The summed E-state index contributed by atoms with van der Waals surface area (Å²) in [7, 11) is -1.09. The number of fused-ring (bicyclic) bond motifs is 4. The molecule has 4 atom stereocenters. The second kappa shape index (κ2) is 7.09. The van der Waals surface area contributed by atoms with E-state index in [2.05, 4.69) is 20.2 Å². The van der Waals surface area contributed by atoms with Gasteiger partial charge in [0.25, 0.3) is 0 Å². The maximum atomic E-state index is 13.1. The fraction of sp³-hybridized carbons (Fsp3) is 0.652. The van der Waals surface area contributed by atoms with Crippen molar-refractivity contribution in [2.24, 2.45) is 5.92 Å². The Balaban J connectivity index is 1.22. The van der Waals surface area contributed by atoms with E-state index >= 15 is 0 Å². The fourth-order valence-electron chi connectivity index (χ4n) is 6.36. The first-order valence-corrected chi connectivity index (χ1v) is 13.6. The van der Waals surface area contributed by atoms with Crippen molar-refractivity contribution in [1.82, 2.24) is 19.9 Å². The van der Waals surface area contributed by atoms with Crippen LogP contribution in [0.25, 0.3) is 0 Å². The Morgan fingerprint density at radius 3 is 2.58 bits per heavy atom. The first-order valence-electron chi connectivity index (χ1n) is 11.9. The highest BCUT2D eigenvalue weighted by molar-refractivity contribution is 7.85. The minimum absolute atomic E-state index is 0.0290. The van der Waals surface area contributed by atoms with Crippen molar-refractivity contribution >= 4 is 34.2 Å². The standard InChI is InChI=1S/C23H27ClN6O2S/c24-14-8-25-19(26-9-14)16-7-15-6-13(16)10-30(15)21-27-18-17(33(32)12-22(18)4-5-22)20(28-21)29-23(11-31)2-1-3-23/h8-9,13,15-16,31H,1-7,10-12H2,(H,27,28,29)/t13?,15?,16?,33-/m0/s1. The molecule has 8 nitrogen and oxygen atoms in total. The van der Waals surface area contributed by atoms with Crippen LogP contribution in [0.5, 0.6) is 0 Å². The highest BCUT2D eigenvalue weighted by atomic mass is 35.5. The number of nitrogens with zero attached hydrogens (tertiary/aromatic N) is 5. The van der Waals surface area contributed by atoms with Gasteiger partial charge in [-0.25, -0.2) is 15.0 Å². The third kappa shape index (κ3) is 3.08. The number of hydrogen-bond acceptors (Lipinski definition) is 8. The number of aliphatic hydroxyl groups excluding tert-OH is 1. The third-order valence-corrected chi connectivity index (χ3v) is 10.5. The minimum Gasteiger partial charge on any atom is -0.394 e. The molecule has 0 amide bonds. The number of rotatable bonds is 5. The first-order chi connectivity index (χ1) is 16.0. The van der Waals surface area contributed by atoms with Crippen LogP contribution in [-0.4, -0.2) is 59.7 Å². The number of anilines is 2. The van der Waals surface area contributed by atoms with E-state index in [1.54, 1.807) is 12.4 Å². The lowest BCUT2D eigenvalue weighted by molar-refractivity contribution is 0.143. The van der Waals surface area contributed by atoms with Crippen LogP contribution in [-0.2, 0) is 16.2 Å². The molecule has 5 aliphatic rings. The molecule has 2 bridgehead atoms. The molecule has 2 aromatic heterocycles. The zero-order valence-electron chi connectivity index (χ0n) is 18.3. The lowest BCUT2D eigenvalue weighted by atomic mass is 9.77. The van der Waals surface area contributed by atoms with E-state index in [0.29, 0.717) is 34.5 Å². The van der Waals surface area contributed by atoms with Crippen LogP contribution in [0.1, 0.15) is 62.4 Å². The maximum absolute atomic E-state index is 13.1. The Labute approximate surface area is 200 Å². The van der Waals surface area contributed by atoms with Gasteiger partial charge in [0.1, 0.15) is 16.5 Å². The van der Waals surface area contributed by atoms with E-state index in [1.165, 1.54) is 0 Å². The summed E-state index contributed by atoms with van der Waals surface area (Å²) in [5, 5.41) is 14.1. The van der Waals surface area contributed by atoms with Gasteiger partial charge in [-0.05, 0) is 50.9 Å². The molecule has 3 aliphatic carbocycles. The normalized spacial score (nSPS) is 32.1. The van der Waals surface area contributed by atoms with Crippen LogP contribution in [0.2, 0.25) is 5.02 Å². The summed E-state index contributed by atoms with van der Waals surface area (Å²) in [5.41, 5.74) is 0.615. The quantitative estimate of drug-likeness (QED) is 0.664. The average Bonchev–Trinajstić information content (AvgIpc) is 3.14. The first kappa shape index (κ1) is 20.5. The van der Waals surface area contributed by atoms with Crippen molar-refractivity contribution in [3.63, 3.8) is 0 Å². The fourth-order valence-corrected chi connectivity index (χ4v) is 8.32. The molecule has 4 heterocycles. The monoisotopic (exact) mass is 486 g/mol. The predicted octanol–water partition coefficient (Wildman–Crippen LogP) is 2.78. The van der Waals surface area contributed by atoms with E-state index in [4.69, 9.17) is 21.6 Å². The van der Waals surface area contributed by atoms with Crippen molar-refractivity contribution in [3.8, 4) is 0 Å². The van der Waals surface area contributed by atoms with Gasteiger partial charge in [-0.15, -0.1) is 0 Å². The lowest BCUT2D eigenvalue weighted by Gasteiger charge is -2.42. The minimum atomic E-state index is -1.09. The molecule has 174 valence electrons. The Kier molecular flexibility index (Phi) is 4.41. The number of hydrogen-bond donors (Lipinski definition) is 2. The molecule has 4 fully saturated rings. The molecule has 2 aliphatic heterocycles. The molecule has 3 unspecified atom stereocenters. The number of aliphatic hydroxyl groups is 1. The van der Waals surface area contributed by atoms with Crippen LogP contribution in [0, 0.1) is 5.92 Å². The van der Waals surface area contributed by atoms with E-state index in [1.807, 2.05) is 0 Å². The zero-order valence-corrected chi connectivity index (χ0v) is 19.9. The Morgan fingerprint density at radius 2 is 1.97 bits per heavy atom. The van der Waals surface area contributed by atoms with Gasteiger partial charge < -0.3 is 15.3 Å². The summed E-state index contributed by atoms with van der Waals surface area (Å²) in [6.07, 6.45) is 10.4. The van der Waals surface area contributed by atoms with Gasteiger partial charge in [-0.2, -0.15) is 4.98 Å². The lowest BCUT2D eigenvalue weighted by Crippen LogP contribution is -2.49. The van der Waals surface area contributed by atoms with Gasteiger partial charge in [-0.3, -0.25) is 4.21 Å². The smallest absolute Gasteiger partial charge is 0.227 e. The summed E-state index contributed by atoms with van der Waals surface area (Å²) in [6, 6.07) is 0.350. The Morgan fingerprint density at radius 1 is 1.18 bits per heavy atom. The molecule has 0 radical (unpaired) electrons. The molecule has 33 heavy (non-hydrogen) atoms. The third-order valence-electron chi connectivity index (χ3n) is 8.61. The second-order valence-electron chi connectivity index (χ2n) is 10.6. The second-order valence-corrected chi connectivity index (χ2v) is 12.5. The molecule has 1 spiro atoms. The van der Waals surface area contributed by atoms with Gasteiger partial charge in [-0.1, -0.05) is 11.6 Å². The van der Waals surface area contributed by atoms with Crippen molar-refractivity contribution < 1.29 is 9.32 Å². The van der Waals surface area contributed by atoms with Crippen LogP contribution in [0.3, 0.4) is 0 Å². The van der Waals surface area contributed by atoms with Gasteiger partial charge >= 0.3 is 0 Å². The van der Waals surface area contributed by atoms with Crippen molar-refractivity contribution in [3.05, 3.63) is 28.9 Å². The van der Waals surface area contributed by atoms with Gasteiger partial charge in [0.2, 0.25) is 5.95 Å². The number of nitrogens with one attached hydrogen (secondary N) is 1. The molecule has 3 saturated carbocycles. The number of aromatic nitrogens is 4. The van der Waals surface area contributed by atoms with Crippen molar-refractivity contribution in [2.75, 3.05) is 29.1 Å². The highest BCUT2D eigenvalue weighted by Crippen LogP contribution is 2.57. The van der Waals surface area contributed by atoms with E-state index in [9.17, 15) is 9.32 Å².